The first-order valence-electron chi connectivity index (χ1n) is 11.2. The number of esters is 1. The van der Waals surface area contributed by atoms with Gasteiger partial charge >= 0.3 is 5.97 Å². The number of anilines is 1. The molecule has 7 nitrogen and oxygen atoms in total. The van der Waals surface area contributed by atoms with Crippen LogP contribution in [0.3, 0.4) is 0 Å². The van der Waals surface area contributed by atoms with E-state index in [0.717, 1.165) is 54.2 Å². The lowest BCUT2D eigenvalue weighted by Gasteiger charge is -2.20. The zero-order valence-corrected chi connectivity index (χ0v) is 20.0. The molecule has 8 heteroatoms. The molecule has 0 amide bonds. The highest BCUT2D eigenvalue weighted by atomic mass is 35.5. The molecule has 2 atom stereocenters. The lowest BCUT2D eigenvalue weighted by atomic mass is 10.0. The number of nitrogens with one attached hydrogen (secondary N) is 1. The van der Waals surface area contributed by atoms with Gasteiger partial charge in [-0.05, 0) is 45.0 Å². The normalized spacial score (nSPS) is 20.3. The maximum Gasteiger partial charge on any atom is 0.340 e. The standard InChI is InChI=1S/C25H28ClN3O4/c1-25(2,3)33-24(30)19-9-27-21-8-20(26)17(7-18(19)21)16-5-6-22(28-23(16)31-4)29-10-14-12-32-13-15(14)11-29/h5-9,14-15,27H,10-13H2,1-4H3/t14-,15-/m0/s1. The molecule has 0 aliphatic carbocycles. The van der Waals surface area contributed by atoms with Gasteiger partial charge < -0.3 is 24.1 Å². The Morgan fingerprint density at radius 1 is 1.18 bits per heavy atom. The van der Waals surface area contributed by atoms with E-state index in [1.807, 2.05) is 45.0 Å². The molecule has 1 N–H and O–H groups in total. The van der Waals surface area contributed by atoms with Crippen molar-refractivity contribution in [3.8, 4) is 17.0 Å². The van der Waals surface area contributed by atoms with Gasteiger partial charge in [-0.15, -0.1) is 0 Å². The fourth-order valence-electron chi connectivity index (χ4n) is 4.69. The highest BCUT2D eigenvalue weighted by Gasteiger charge is 2.37. The summed E-state index contributed by atoms with van der Waals surface area (Å²) in [6.07, 6.45) is 1.66. The Labute approximate surface area is 198 Å². The minimum absolute atomic E-state index is 0.383. The summed E-state index contributed by atoms with van der Waals surface area (Å²) < 4.78 is 16.8. The number of methoxy groups -OCH3 is 1. The second-order valence-corrected chi connectivity index (χ2v) is 10.2. The summed E-state index contributed by atoms with van der Waals surface area (Å²) in [7, 11) is 1.61. The smallest absolute Gasteiger partial charge is 0.340 e. The van der Waals surface area contributed by atoms with Gasteiger partial charge in [-0.25, -0.2) is 4.79 Å². The van der Waals surface area contributed by atoms with Crippen molar-refractivity contribution in [1.82, 2.24) is 9.97 Å². The Balaban J connectivity index is 1.51. The summed E-state index contributed by atoms with van der Waals surface area (Å²) in [5.41, 5.74) is 2.16. The van der Waals surface area contributed by atoms with Crippen molar-refractivity contribution in [2.24, 2.45) is 11.8 Å². The number of hydrogen-bond donors (Lipinski definition) is 1. The van der Waals surface area contributed by atoms with Gasteiger partial charge in [-0.1, -0.05) is 11.6 Å². The average molecular weight is 470 g/mol. The minimum atomic E-state index is -0.584. The number of ether oxygens (including phenoxy) is 3. The predicted octanol–water partition coefficient (Wildman–Crippen LogP) is 4.93. The van der Waals surface area contributed by atoms with Gasteiger partial charge in [-0.3, -0.25) is 0 Å². The Kier molecular flexibility index (Phi) is 5.49. The fraction of sp³-hybridized carbons (Fsp3) is 0.440. The maximum atomic E-state index is 12.7. The van der Waals surface area contributed by atoms with E-state index >= 15 is 0 Å². The van der Waals surface area contributed by atoms with Crippen molar-refractivity contribution in [2.45, 2.75) is 26.4 Å². The van der Waals surface area contributed by atoms with Crippen molar-refractivity contribution in [3.63, 3.8) is 0 Å². The maximum absolute atomic E-state index is 12.7. The van der Waals surface area contributed by atoms with Crippen LogP contribution >= 0.6 is 11.6 Å². The largest absolute Gasteiger partial charge is 0.480 e. The molecule has 33 heavy (non-hydrogen) atoms. The number of pyridine rings is 1. The number of H-pyrrole nitrogens is 1. The number of carbonyl (C=O) groups is 1. The molecule has 1 aromatic carbocycles. The molecule has 0 saturated carbocycles. The monoisotopic (exact) mass is 469 g/mol. The second kappa shape index (κ2) is 8.22. The second-order valence-electron chi connectivity index (χ2n) is 9.77. The molecule has 3 aromatic rings. The Hall–Kier alpha value is -2.77. The third kappa shape index (κ3) is 4.15. The first kappa shape index (κ1) is 22.0. The molecule has 0 radical (unpaired) electrons. The fourth-order valence-corrected chi connectivity index (χ4v) is 4.96. The summed E-state index contributed by atoms with van der Waals surface area (Å²) >= 11 is 6.65. The molecular weight excluding hydrogens is 442 g/mol. The summed E-state index contributed by atoms with van der Waals surface area (Å²) in [5, 5.41) is 1.28. The molecule has 2 saturated heterocycles. The van der Waals surface area contributed by atoms with Gasteiger partial charge in [0.25, 0.3) is 0 Å². The number of hydrogen-bond acceptors (Lipinski definition) is 6. The molecular formula is C25H28ClN3O4. The highest BCUT2D eigenvalue weighted by molar-refractivity contribution is 6.34. The minimum Gasteiger partial charge on any atom is -0.480 e. The lowest BCUT2D eigenvalue weighted by molar-refractivity contribution is 0.00719. The van der Waals surface area contributed by atoms with Gasteiger partial charge in [0.2, 0.25) is 5.88 Å². The molecule has 174 valence electrons. The predicted molar refractivity (Wildman–Crippen MR) is 128 cm³/mol. The molecule has 2 fully saturated rings. The number of aromatic nitrogens is 2. The number of aromatic amines is 1. The van der Waals surface area contributed by atoms with Crippen molar-refractivity contribution < 1.29 is 19.0 Å². The third-order valence-electron chi connectivity index (χ3n) is 6.28. The highest BCUT2D eigenvalue weighted by Crippen LogP contribution is 2.39. The van der Waals surface area contributed by atoms with E-state index in [4.69, 9.17) is 30.8 Å². The van der Waals surface area contributed by atoms with Crippen molar-refractivity contribution in [2.75, 3.05) is 38.3 Å². The lowest BCUT2D eigenvalue weighted by Crippen LogP contribution is -2.23. The molecule has 2 aliphatic heterocycles. The van der Waals surface area contributed by atoms with Crippen LogP contribution in [0.4, 0.5) is 5.82 Å². The molecule has 0 bridgehead atoms. The zero-order valence-electron chi connectivity index (χ0n) is 19.3. The molecule has 0 spiro atoms. The first-order valence-corrected chi connectivity index (χ1v) is 11.5. The summed E-state index contributed by atoms with van der Waals surface area (Å²) in [4.78, 5) is 22.9. The van der Waals surface area contributed by atoms with Crippen LogP contribution in [0.15, 0.2) is 30.5 Å². The van der Waals surface area contributed by atoms with E-state index in [1.54, 1.807) is 13.3 Å². The van der Waals surface area contributed by atoms with Crippen LogP contribution in [0, 0.1) is 11.8 Å². The number of halogens is 1. The number of fused-ring (bicyclic) bond motifs is 2. The van der Waals surface area contributed by atoms with E-state index in [9.17, 15) is 4.79 Å². The van der Waals surface area contributed by atoms with Crippen LogP contribution in [0.2, 0.25) is 5.02 Å². The van der Waals surface area contributed by atoms with Gasteiger partial charge in [0.15, 0.2) is 0 Å². The summed E-state index contributed by atoms with van der Waals surface area (Å²) in [5.74, 6) is 2.13. The number of rotatable bonds is 4. The van der Waals surface area contributed by atoms with E-state index in [0.29, 0.717) is 28.3 Å². The third-order valence-corrected chi connectivity index (χ3v) is 6.59. The summed E-state index contributed by atoms with van der Waals surface area (Å²) in [6.45, 7) is 9.07. The van der Waals surface area contributed by atoms with Gasteiger partial charge in [-0.2, -0.15) is 4.98 Å². The van der Waals surface area contributed by atoms with Gasteiger partial charge in [0.05, 0.1) is 30.9 Å². The van der Waals surface area contributed by atoms with Crippen LogP contribution in [0.1, 0.15) is 31.1 Å². The van der Waals surface area contributed by atoms with Crippen molar-refractivity contribution in [1.29, 1.82) is 0 Å². The van der Waals surface area contributed by atoms with Crippen LogP contribution in [-0.4, -0.2) is 55.0 Å². The van der Waals surface area contributed by atoms with Crippen LogP contribution in [0.5, 0.6) is 5.88 Å². The van der Waals surface area contributed by atoms with E-state index < -0.39 is 5.60 Å². The van der Waals surface area contributed by atoms with E-state index in [2.05, 4.69) is 9.88 Å². The number of benzene rings is 1. The molecule has 2 aliphatic rings. The number of nitrogens with zero attached hydrogens (tertiary/aromatic N) is 2. The summed E-state index contributed by atoms with van der Waals surface area (Å²) in [6, 6.07) is 7.70. The molecule has 0 unspecified atom stereocenters. The molecule has 4 heterocycles. The van der Waals surface area contributed by atoms with Crippen molar-refractivity contribution >= 4 is 34.3 Å². The van der Waals surface area contributed by atoms with Crippen LogP contribution in [-0.2, 0) is 9.47 Å². The average Bonchev–Trinajstić information content (AvgIpc) is 3.46. The SMILES string of the molecule is COc1nc(N2C[C@H]3COC[C@@H]3C2)ccc1-c1cc2c(C(=O)OC(C)(C)C)c[nH]c2cc1Cl. The van der Waals surface area contributed by atoms with Gasteiger partial charge in [0.1, 0.15) is 11.4 Å². The van der Waals surface area contributed by atoms with Gasteiger partial charge in [0, 0.05) is 53.2 Å². The van der Waals surface area contributed by atoms with Crippen LogP contribution in [0.25, 0.3) is 22.0 Å². The Morgan fingerprint density at radius 2 is 1.91 bits per heavy atom. The number of carbonyl (C=O) groups excluding carboxylic acids is 1. The molecule has 5 rings (SSSR count). The Morgan fingerprint density at radius 3 is 2.58 bits per heavy atom. The Bertz CT molecular complexity index is 1200. The quantitative estimate of drug-likeness (QED) is 0.546. The van der Waals surface area contributed by atoms with Crippen molar-refractivity contribution in [3.05, 3.63) is 41.0 Å². The van der Waals surface area contributed by atoms with E-state index in [-0.39, 0.29) is 5.97 Å². The van der Waals surface area contributed by atoms with E-state index in [1.165, 1.54) is 0 Å². The molecule has 2 aromatic heterocycles. The van der Waals surface area contributed by atoms with Crippen LogP contribution < -0.4 is 9.64 Å². The first-order chi connectivity index (χ1) is 15.7. The zero-order chi connectivity index (χ0) is 23.3. The topological polar surface area (TPSA) is 76.7 Å².